The summed E-state index contributed by atoms with van der Waals surface area (Å²) in [5.41, 5.74) is 5.71. The van der Waals surface area contributed by atoms with Crippen LogP contribution in [0, 0.1) is 5.82 Å². The second kappa shape index (κ2) is 8.53. The van der Waals surface area contributed by atoms with E-state index in [1.54, 1.807) is 13.0 Å². The highest BCUT2D eigenvalue weighted by Gasteiger charge is 2.36. The van der Waals surface area contributed by atoms with Crippen molar-refractivity contribution in [3.63, 3.8) is 0 Å². The van der Waals surface area contributed by atoms with Gasteiger partial charge in [-0.2, -0.15) is 0 Å². The predicted octanol–water partition coefficient (Wildman–Crippen LogP) is 3.10. The number of rotatable bonds is 5. The Morgan fingerprint density at radius 3 is 2.29 bits per heavy atom. The van der Waals surface area contributed by atoms with Gasteiger partial charge in [0.05, 0.1) is 25.8 Å². The van der Waals surface area contributed by atoms with Gasteiger partial charge in [0.25, 0.3) is 0 Å². The van der Waals surface area contributed by atoms with Gasteiger partial charge in [0.2, 0.25) is 5.91 Å². The highest BCUT2D eigenvalue weighted by molar-refractivity contribution is 5.86. The van der Waals surface area contributed by atoms with Gasteiger partial charge in [0.1, 0.15) is 5.82 Å². The van der Waals surface area contributed by atoms with E-state index in [1.807, 2.05) is 0 Å². The van der Waals surface area contributed by atoms with Gasteiger partial charge in [-0.1, -0.05) is 19.3 Å². The fraction of sp³-hybridized carbons (Fsp3) is 0.588. The first-order chi connectivity index (χ1) is 10.9. The van der Waals surface area contributed by atoms with Crippen LogP contribution < -0.4 is 20.5 Å². The molecule has 2 rings (SSSR count). The van der Waals surface area contributed by atoms with Crippen LogP contribution in [0.5, 0.6) is 11.5 Å². The van der Waals surface area contributed by atoms with Gasteiger partial charge >= 0.3 is 0 Å². The second-order valence-electron chi connectivity index (χ2n) is 6.14. The molecule has 1 unspecified atom stereocenters. The number of halogens is 2. The number of carbonyl (C=O) groups excluding carboxylic acids is 1. The van der Waals surface area contributed by atoms with Crippen LogP contribution in [0.3, 0.4) is 0 Å². The molecular weight excluding hydrogens is 335 g/mol. The second-order valence-corrected chi connectivity index (χ2v) is 6.14. The van der Waals surface area contributed by atoms with Gasteiger partial charge in [0.15, 0.2) is 11.5 Å². The van der Waals surface area contributed by atoms with Gasteiger partial charge in [-0.15, -0.1) is 12.4 Å². The van der Waals surface area contributed by atoms with E-state index in [1.165, 1.54) is 20.3 Å². The van der Waals surface area contributed by atoms with E-state index >= 15 is 0 Å². The topological polar surface area (TPSA) is 73.6 Å². The van der Waals surface area contributed by atoms with Crippen molar-refractivity contribution in [2.45, 2.75) is 50.6 Å². The molecule has 0 aromatic heterocycles. The normalized spacial score (nSPS) is 17.4. The molecule has 5 nitrogen and oxygen atoms in total. The van der Waals surface area contributed by atoms with Crippen LogP contribution in [-0.4, -0.2) is 25.7 Å². The molecule has 1 fully saturated rings. The van der Waals surface area contributed by atoms with Crippen molar-refractivity contribution < 1.29 is 18.7 Å². The van der Waals surface area contributed by atoms with Crippen LogP contribution in [0.25, 0.3) is 0 Å². The summed E-state index contributed by atoms with van der Waals surface area (Å²) in [7, 11) is 2.93. The molecule has 1 aliphatic carbocycles. The zero-order chi connectivity index (χ0) is 17.0. The molecule has 0 aliphatic heterocycles. The largest absolute Gasteiger partial charge is 0.493 e. The highest BCUT2D eigenvalue weighted by Crippen LogP contribution is 2.33. The molecule has 24 heavy (non-hydrogen) atoms. The lowest BCUT2D eigenvalue weighted by atomic mass is 9.81. The third-order valence-electron chi connectivity index (χ3n) is 4.51. The summed E-state index contributed by atoms with van der Waals surface area (Å²) in [6.45, 7) is 1.73. The molecule has 1 saturated carbocycles. The van der Waals surface area contributed by atoms with E-state index in [4.69, 9.17) is 15.2 Å². The lowest BCUT2D eigenvalue weighted by Crippen LogP contribution is -2.55. The Kier molecular flexibility index (Phi) is 7.29. The summed E-state index contributed by atoms with van der Waals surface area (Å²) in [5.74, 6) is 0.0593. The summed E-state index contributed by atoms with van der Waals surface area (Å²) in [6.07, 6.45) is 4.33. The van der Waals surface area contributed by atoms with Crippen molar-refractivity contribution in [2.24, 2.45) is 5.73 Å². The maximum Gasteiger partial charge on any atom is 0.240 e. The van der Waals surface area contributed by atoms with Gasteiger partial charge in [-0.25, -0.2) is 4.39 Å². The van der Waals surface area contributed by atoms with Gasteiger partial charge in [-0.05, 0) is 25.8 Å². The molecule has 1 aromatic rings. The molecule has 1 aliphatic rings. The van der Waals surface area contributed by atoms with Crippen molar-refractivity contribution in [3.05, 3.63) is 23.5 Å². The minimum Gasteiger partial charge on any atom is -0.493 e. The minimum atomic E-state index is -0.848. The summed E-state index contributed by atoms with van der Waals surface area (Å²) < 4.78 is 24.5. The van der Waals surface area contributed by atoms with Crippen molar-refractivity contribution in [2.75, 3.05) is 14.2 Å². The van der Waals surface area contributed by atoms with Crippen LogP contribution in [0.15, 0.2) is 12.1 Å². The molecule has 0 saturated heterocycles. The molecule has 1 aromatic carbocycles. The number of hydrogen-bond donors (Lipinski definition) is 2. The van der Waals surface area contributed by atoms with Gasteiger partial charge in [-0.3, -0.25) is 4.79 Å². The smallest absolute Gasteiger partial charge is 0.240 e. The Morgan fingerprint density at radius 1 is 1.21 bits per heavy atom. The van der Waals surface area contributed by atoms with E-state index in [2.05, 4.69) is 5.32 Å². The van der Waals surface area contributed by atoms with E-state index in [9.17, 15) is 9.18 Å². The molecule has 0 heterocycles. The molecule has 0 radical (unpaired) electrons. The molecule has 136 valence electrons. The van der Waals surface area contributed by atoms with Crippen molar-refractivity contribution in [3.8, 4) is 11.5 Å². The summed E-state index contributed by atoms with van der Waals surface area (Å²) in [5, 5.41) is 2.84. The maximum atomic E-state index is 14.3. The molecular formula is C17H26ClFN2O3. The monoisotopic (exact) mass is 360 g/mol. The first kappa shape index (κ1) is 20.5. The summed E-state index contributed by atoms with van der Waals surface area (Å²) >= 11 is 0. The Hall–Kier alpha value is -1.53. The van der Waals surface area contributed by atoms with Crippen molar-refractivity contribution in [1.29, 1.82) is 0 Å². The van der Waals surface area contributed by atoms with E-state index in [-0.39, 0.29) is 18.3 Å². The molecule has 7 heteroatoms. The van der Waals surface area contributed by atoms with Crippen molar-refractivity contribution >= 4 is 18.3 Å². The third-order valence-corrected chi connectivity index (χ3v) is 4.51. The zero-order valence-corrected chi connectivity index (χ0v) is 15.2. The molecule has 3 N–H and O–H groups in total. The lowest BCUT2D eigenvalue weighted by Gasteiger charge is -2.33. The van der Waals surface area contributed by atoms with Crippen LogP contribution in [0.1, 0.15) is 50.6 Å². The lowest BCUT2D eigenvalue weighted by molar-refractivity contribution is -0.128. The number of nitrogens with two attached hydrogens (primary N) is 1. The number of benzene rings is 1. The Morgan fingerprint density at radius 2 is 1.75 bits per heavy atom. The third kappa shape index (κ3) is 4.30. The van der Waals surface area contributed by atoms with E-state index in [0.29, 0.717) is 29.9 Å². The summed E-state index contributed by atoms with van der Waals surface area (Å²) in [6, 6.07) is 2.29. The first-order valence-electron chi connectivity index (χ1n) is 7.92. The maximum absolute atomic E-state index is 14.3. The highest BCUT2D eigenvalue weighted by atomic mass is 35.5. The number of ether oxygens (including phenoxy) is 2. The molecule has 1 amide bonds. The van der Waals surface area contributed by atoms with Crippen LogP contribution in [0.4, 0.5) is 4.39 Å². The molecule has 0 spiro atoms. The number of methoxy groups -OCH3 is 2. The van der Waals surface area contributed by atoms with Crippen LogP contribution in [0.2, 0.25) is 0 Å². The average molecular weight is 361 g/mol. The van der Waals surface area contributed by atoms with Gasteiger partial charge in [0, 0.05) is 11.6 Å². The fourth-order valence-corrected chi connectivity index (χ4v) is 3.03. The minimum absolute atomic E-state index is 0. The number of carbonyl (C=O) groups is 1. The number of amides is 1. The average Bonchev–Trinajstić information content (AvgIpc) is 2.54. The van der Waals surface area contributed by atoms with Crippen LogP contribution >= 0.6 is 12.4 Å². The Labute approximate surface area is 148 Å². The molecule has 0 bridgehead atoms. The van der Waals surface area contributed by atoms with Gasteiger partial charge < -0.3 is 20.5 Å². The zero-order valence-electron chi connectivity index (χ0n) is 14.4. The first-order valence-corrected chi connectivity index (χ1v) is 7.92. The summed E-state index contributed by atoms with van der Waals surface area (Å²) in [4.78, 5) is 12.5. The predicted molar refractivity (Wildman–Crippen MR) is 93.3 cm³/mol. The Bertz CT molecular complexity index is 577. The van der Waals surface area contributed by atoms with Crippen LogP contribution in [-0.2, 0) is 4.79 Å². The fourth-order valence-electron chi connectivity index (χ4n) is 3.03. The SMILES string of the molecule is COc1cc(F)c(C(C)NC(=O)C2(N)CCCCC2)cc1OC.Cl. The van der Waals surface area contributed by atoms with E-state index in [0.717, 1.165) is 19.3 Å². The quantitative estimate of drug-likeness (QED) is 0.846. The number of hydrogen-bond acceptors (Lipinski definition) is 4. The standard InChI is InChI=1S/C17H25FN2O3.ClH/c1-11(20-16(21)17(19)7-5-4-6-8-17)12-9-14(22-2)15(23-3)10-13(12)18;/h9-11H,4-8,19H2,1-3H3,(H,20,21);1H. The Balaban J connectivity index is 0.00000288. The van der Waals surface area contributed by atoms with E-state index < -0.39 is 17.4 Å². The van der Waals surface area contributed by atoms with Crippen molar-refractivity contribution in [1.82, 2.24) is 5.32 Å². The molecule has 1 atom stereocenters. The number of nitrogens with one attached hydrogen (secondary N) is 1.